The number of aryl methyl sites for hydroxylation is 1. The summed E-state index contributed by atoms with van der Waals surface area (Å²) < 4.78 is 0. The second-order valence-corrected chi connectivity index (χ2v) is 3.06. The lowest BCUT2D eigenvalue weighted by molar-refractivity contribution is 0.857. The second-order valence-electron chi connectivity index (χ2n) is 3.06. The standard InChI is InChI=1S/C9H15N3/c1-4-8-5-6-9(12-11-8)10-7(2)3/h5-7H,4H2,1-3H3,(H,10,12). The summed E-state index contributed by atoms with van der Waals surface area (Å²) >= 11 is 0. The SMILES string of the molecule is CCc1ccc(NC(C)C)nn1. The maximum absolute atomic E-state index is 4.04. The van der Waals surface area contributed by atoms with Crippen LogP contribution in [0.1, 0.15) is 26.5 Å². The minimum Gasteiger partial charge on any atom is -0.366 e. The maximum Gasteiger partial charge on any atom is 0.148 e. The summed E-state index contributed by atoms with van der Waals surface area (Å²) in [5.74, 6) is 0.849. The Morgan fingerprint density at radius 3 is 2.50 bits per heavy atom. The van der Waals surface area contributed by atoms with Crippen LogP contribution in [0.4, 0.5) is 5.82 Å². The Morgan fingerprint density at radius 2 is 2.08 bits per heavy atom. The third kappa shape index (κ3) is 2.49. The topological polar surface area (TPSA) is 37.8 Å². The number of aromatic nitrogens is 2. The molecule has 0 aliphatic carbocycles. The Kier molecular flexibility index (Phi) is 3.02. The molecule has 3 nitrogen and oxygen atoms in total. The van der Waals surface area contributed by atoms with E-state index in [9.17, 15) is 0 Å². The predicted molar refractivity (Wildman–Crippen MR) is 50.2 cm³/mol. The van der Waals surface area contributed by atoms with Crippen molar-refractivity contribution in [3.63, 3.8) is 0 Å². The Bertz CT molecular complexity index is 228. The van der Waals surface area contributed by atoms with Crippen LogP contribution < -0.4 is 5.32 Å². The van der Waals surface area contributed by atoms with Crippen molar-refractivity contribution in [1.29, 1.82) is 0 Å². The lowest BCUT2D eigenvalue weighted by Gasteiger charge is -2.07. The van der Waals surface area contributed by atoms with Gasteiger partial charge in [-0.3, -0.25) is 0 Å². The molecule has 0 radical (unpaired) electrons. The molecule has 0 aliphatic rings. The molecule has 0 aromatic carbocycles. The van der Waals surface area contributed by atoms with Gasteiger partial charge in [0.05, 0.1) is 5.69 Å². The molecule has 1 N–H and O–H groups in total. The van der Waals surface area contributed by atoms with E-state index in [2.05, 4.69) is 36.3 Å². The van der Waals surface area contributed by atoms with Crippen molar-refractivity contribution in [2.24, 2.45) is 0 Å². The van der Waals surface area contributed by atoms with Crippen molar-refractivity contribution in [1.82, 2.24) is 10.2 Å². The third-order valence-electron chi connectivity index (χ3n) is 1.52. The van der Waals surface area contributed by atoms with Crippen LogP contribution >= 0.6 is 0 Å². The van der Waals surface area contributed by atoms with Gasteiger partial charge >= 0.3 is 0 Å². The molecular formula is C9H15N3. The van der Waals surface area contributed by atoms with Crippen LogP contribution in [-0.4, -0.2) is 16.2 Å². The molecule has 66 valence electrons. The van der Waals surface area contributed by atoms with E-state index < -0.39 is 0 Å². The number of rotatable bonds is 3. The van der Waals surface area contributed by atoms with E-state index in [0.717, 1.165) is 17.9 Å². The van der Waals surface area contributed by atoms with Crippen molar-refractivity contribution < 1.29 is 0 Å². The van der Waals surface area contributed by atoms with Gasteiger partial charge in [0.25, 0.3) is 0 Å². The molecule has 1 aromatic rings. The molecule has 1 aromatic heterocycles. The van der Waals surface area contributed by atoms with Crippen LogP contribution in [0.25, 0.3) is 0 Å². The van der Waals surface area contributed by atoms with Gasteiger partial charge in [0, 0.05) is 6.04 Å². The lowest BCUT2D eigenvalue weighted by Crippen LogP contribution is -2.11. The smallest absolute Gasteiger partial charge is 0.148 e. The van der Waals surface area contributed by atoms with E-state index in [-0.39, 0.29) is 0 Å². The van der Waals surface area contributed by atoms with Crippen molar-refractivity contribution in [2.45, 2.75) is 33.2 Å². The van der Waals surface area contributed by atoms with Crippen molar-refractivity contribution in [2.75, 3.05) is 5.32 Å². The van der Waals surface area contributed by atoms with Crippen LogP contribution in [-0.2, 0) is 6.42 Å². The summed E-state index contributed by atoms with van der Waals surface area (Å²) in [6.07, 6.45) is 0.939. The minimum atomic E-state index is 0.409. The number of hydrogen-bond acceptors (Lipinski definition) is 3. The second kappa shape index (κ2) is 4.04. The number of nitrogens with one attached hydrogen (secondary N) is 1. The fourth-order valence-electron chi connectivity index (χ4n) is 0.921. The zero-order valence-corrected chi connectivity index (χ0v) is 7.83. The highest BCUT2D eigenvalue weighted by molar-refractivity contribution is 5.33. The van der Waals surface area contributed by atoms with Gasteiger partial charge in [-0.1, -0.05) is 6.92 Å². The molecule has 1 rings (SSSR count). The van der Waals surface area contributed by atoms with Gasteiger partial charge in [-0.2, -0.15) is 5.10 Å². The predicted octanol–water partition coefficient (Wildman–Crippen LogP) is 1.86. The van der Waals surface area contributed by atoms with E-state index >= 15 is 0 Å². The van der Waals surface area contributed by atoms with Gasteiger partial charge in [-0.25, -0.2) is 0 Å². The zero-order chi connectivity index (χ0) is 8.97. The fourth-order valence-corrected chi connectivity index (χ4v) is 0.921. The minimum absolute atomic E-state index is 0.409. The molecule has 0 amide bonds. The van der Waals surface area contributed by atoms with Crippen LogP contribution in [0, 0.1) is 0 Å². The van der Waals surface area contributed by atoms with E-state index in [1.54, 1.807) is 0 Å². The molecule has 0 fully saturated rings. The normalized spacial score (nSPS) is 10.3. The highest BCUT2D eigenvalue weighted by Gasteiger charge is 1.96. The molecule has 0 saturated heterocycles. The molecule has 0 aliphatic heterocycles. The first kappa shape index (κ1) is 8.97. The highest BCUT2D eigenvalue weighted by Crippen LogP contribution is 2.03. The fraction of sp³-hybridized carbons (Fsp3) is 0.556. The van der Waals surface area contributed by atoms with Gasteiger partial charge in [-0.05, 0) is 32.4 Å². The molecule has 0 atom stereocenters. The average Bonchev–Trinajstić information content (AvgIpc) is 2.05. The van der Waals surface area contributed by atoms with Gasteiger partial charge in [0.2, 0.25) is 0 Å². The van der Waals surface area contributed by atoms with E-state index in [1.807, 2.05) is 12.1 Å². The first-order valence-corrected chi connectivity index (χ1v) is 4.31. The summed E-state index contributed by atoms with van der Waals surface area (Å²) in [6.45, 7) is 6.23. The summed E-state index contributed by atoms with van der Waals surface area (Å²) in [7, 11) is 0. The molecular weight excluding hydrogens is 150 g/mol. The van der Waals surface area contributed by atoms with Gasteiger partial charge in [0.1, 0.15) is 5.82 Å². The van der Waals surface area contributed by atoms with Crippen molar-refractivity contribution >= 4 is 5.82 Å². The molecule has 3 heteroatoms. The average molecular weight is 165 g/mol. The van der Waals surface area contributed by atoms with Crippen LogP contribution in [0.15, 0.2) is 12.1 Å². The van der Waals surface area contributed by atoms with Gasteiger partial charge in [0.15, 0.2) is 0 Å². The highest BCUT2D eigenvalue weighted by atomic mass is 15.2. The van der Waals surface area contributed by atoms with Crippen LogP contribution in [0.3, 0.4) is 0 Å². The molecule has 0 spiro atoms. The quantitative estimate of drug-likeness (QED) is 0.742. The van der Waals surface area contributed by atoms with E-state index in [1.165, 1.54) is 0 Å². The number of nitrogens with zero attached hydrogens (tertiary/aromatic N) is 2. The first-order chi connectivity index (χ1) is 5.72. The molecule has 0 unspecified atom stereocenters. The summed E-state index contributed by atoms with van der Waals surface area (Å²) in [5.41, 5.74) is 1.03. The third-order valence-corrected chi connectivity index (χ3v) is 1.52. The van der Waals surface area contributed by atoms with Crippen LogP contribution in [0.5, 0.6) is 0 Å². The molecule has 0 bridgehead atoms. The monoisotopic (exact) mass is 165 g/mol. The Labute approximate surface area is 73.2 Å². The Balaban J connectivity index is 2.65. The maximum atomic E-state index is 4.04. The van der Waals surface area contributed by atoms with E-state index in [0.29, 0.717) is 6.04 Å². The van der Waals surface area contributed by atoms with Crippen LogP contribution in [0.2, 0.25) is 0 Å². The number of anilines is 1. The Morgan fingerprint density at radius 1 is 1.33 bits per heavy atom. The van der Waals surface area contributed by atoms with Crippen molar-refractivity contribution in [3.05, 3.63) is 17.8 Å². The molecule has 1 heterocycles. The summed E-state index contributed by atoms with van der Waals surface area (Å²) in [6, 6.07) is 4.37. The van der Waals surface area contributed by atoms with Crippen molar-refractivity contribution in [3.8, 4) is 0 Å². The summed E-state index contributed by atoms with van der Waals surface area (Å²) in [5, 5.41) is 11.2. The lowest BCUT2D eigenvalue weighted by atomic mass is 10.3. The first-order valence-electron chi connectivity index (χ1n) is 4.31. The van der Waals surface area contributed by atoms with E-state index in [4.69, 9.17) is 0 Å². The largest absolute Gasteiger partial charge is 0.366 e. The molecule has 0 saturated carbocycles. The number of hydrogen-bond donors (Lipinski definition) is 1. The molecule has 12 heavy (non-hydrogen) atoms. The Hall–Kier alpha value is -1.12. The van der Waals surface area contributed by atoms with Gasteiger partial charge < -0.3 is 5.32 Å². The van der Waals surface area contributed by atoms with Gasteiger partial charge in [-0.15, -0.1) is 5.10 Å². The summed E-state index contributed by atoms with van der Waals surface area (Å²) in [4.78, 5) is 0. The zero-order valence-electron chi connectivity index (χ0n) is 7.83.